The van der Waals surface area contributed by atoms with Crippen molar-refractivity contribution in [2.75, 3.05) is 20.0 Å². The molecule has 0 aliphatic heterocycles. The molecule has 0 fully saturated rings. The van der Waals surface area contributed by atoms with E-state index in [2.05, 4.69) is 0 Å². The van der Waals surface area contributed by atoms with Crippen molar-refractivity contribution in [2.24, 2.45) is 0 Å². The first kappa shape index (κ1) is 32.0. The minimum absolute atomic E-state index is 0.0914. The zero-order valence-electron chi connectivity index (χ0n) is 26.0. The standard InChI is InChI=1S/C18H16N2O4.C18H15NO4/c1-10-15(20-8-4-3-5-14(20)17(10)24-2)16(21)11-6-7-13(19)12(9-11)18(22)23;1-11-15(19-10-4-3-5-14(19)17(11)23-2)16(20)12-6-8-13(9-7-12)18(21)22/h3-9H,19H2,1-2H3,(H,22,23);3-10H,1-2H3,(H,21,22). The summed E-state index contributed by atoms with van der Waals surface area (Å²) in [5.41, 5.74) is 10.5. The van der Waals surface area contributed by atoms with Gasteiger partial charge in [-0.05, 0) is 68.4 Å². The van der Waals surface area contributed by atoms with Gasteiger partial charge in [0, 0.05) is 40.3 Å². The molecule has 6 rings (SSSR count). The Morgan fingerprint density at radius 1 is 0.617 bits per heavy atom. The lowest BCUT2D eigenvalue weighted by atomic mass is 10.0. The molecule has 0 saturated carbocycles. The highest BCUT2D eigenvalue weighted by atomic mass is 16.5. The highest BCUT2D eigenvalue weighted by molar-refractivity contribution is 6.12. The quantitative estimate of drug-likeness (QED) is 0.136. The van der Waals surface area contributed by atoms with Crippen molar-refractivity contribution in [3.8, 4) is 11.5 Å². The van der Waals surface area contributed by atoms with E-state index < -0.39 is 11.9 Å². The first-order valence-corrected chi connectivity index (χ1v) is 14.3. The van der Waals surface area contributed by atoms with E-state index in [0.29, 0.717) is 34.0 Å². The molecule has 0 amide bonds. The number of hydrogen-bond donors (Lipinski definition) is 3. The van der Waals surface area contributed by atoms with Crippen LogP contribution in [0.3, 0.4) is 0 Å². The fourth-order valence-corrected chi connectivity index (χ4v) is 5.60. The van der Waals surface area contributed by atoms with Gasteiger partial charge in [-0.1, -0.05) is 24.3 Å². The van der Waals surface area contributed by atoms with Gasteiger partial charge in [-0.15, -0.1) is 0 Å². The van der Waals surface area contributed by atoms with Crippen LogP contribution in [0.5, 0.6) is 11.5 Å². The third-order valence-electron chi connectivity index (χ3n) is 7.84. The molecule has 47 heavy (non-hydrogen) atoms. The third kappa shape index (κ3) is 5.77. The molecule has 4 N–H and O–H groups in total. The average Bonchev–Trinajstić information content (AvgIpc) is 3.53. The Labute approximate surface area is 269 Å². The van der Waals surface area contributed by atoms with Crippen LogP contribution in [0.15, 0.2) is 91.3 Å². The van der Waals surface area contributed by atoms with Crippen LogP contribution < -0.4 is 15.2 Å². The van der Waals surface area contributed by atoms with E-state index in [1.807, 2.05) is 49.5 Å². The first-order valence-electron chi connectivity index (χ1n) is 14.3. The van der Waals surface area contributed by atoms with Crippen LogP contribution in [0, 0.1) is 13.8 Å². The molecule has 11 heteroatoms. The fourth-order valence-electron chi connectivity index (χ4n) is 5.60. The van der Waals surface area contributed by atoms with E-state index >= 15 is 0 Å². The van der Waals surface area contributed by atoms with Crippen LogP contribution in [0.2, 0.25) is 0 Å². The van der Waals surface area contributed by atoms with Crippen molar-refractivity contribution in [2.45, 2.75) is 13.8 Å². The number of ketones is 2. The van der Waals surface area contributed by atoms with Crippen molar-refractivity contribution in [1.82, 2.24) is 8.80 Å². The molecule has 238 valence electrons. The summed E-state index contributed by atoms with van der Waals surface area (Å²) in [6.07, 6.45) is 3.58. The number of rotatable bonds is 8. The average molecular weight is 634 g/mol. The summed E-state index contributed by atoms with van der Waals surface area (Å²) in [7, 11) is 3.13. The van der Waals surface area contributed by atoms with Crippen molar-refractivity contribution in [1.29, 1.82) is 0 Å². The van der Waals surface area contributed by atoms with Crippen molar-refractivity contribution in [3.63, 3.8) is 0 Å². The number of carboxylic acid groups (broad SMARTS) is 2. The van der Waals surface area contributed by atoms with Crippen LogP contribution >= 0.6 is 0 Å². The molecule has 0 saturated heterocycles. The van der Waals surface area contributed by atoms with Crippen LogP contribution in [-0.4, -0.2) is 56.7 Å². The maximum atomic E-state index is 13.0. The van der Waals surface area contributed by atoms with Gasteiger partial charge in [0.05, 0.1) is 36.4 Å². The van der Waals surface area contributed by atoms with Crippen LogP contribution in [0.25, 0.3) is 11.0 Å². The monoisotopic (exact) mass is 633 g/mol. The molecule has 0 spiro atoms. The molecule has 2 aromatic carbocycles. The van der Waals surface area contributed by atoms with Gasteiger partial charge in [0.15, 0.2) is 0 Å². The Kier molecular flexibility index (Phi) is 8.82. The molecule has 0 aliphatic carbocycles. The maximum Gasteiger partial charge on any atom is 0.337 e. The zero-order chi connectivity index (χ0) is 34.0. The summed E-state index contributed by atoms with van der Waals surface area (Å²) in [5, 5.41) is 18.1. The van der Waals surface area contributed by atoms with Gasteiger partial charge >= 0.3 is 11.9 Å². The molecule has 0 bridgehead atoms. The number of anilines is 1. The highest BCUT2D eigenvalue weighted by Gasteiger charge is 2.24. The van der Waals surface area contributed by atoms with Gasteiger partial charge in [0.25, 0.3) is 0 Å². The number of carboxylic acids is 2. The second-order valence-electron chi connectivity index (χ2n) is 10.6. The van der Waals surface area contributed by atoms with Gasteiger partial charge in [-0.3, -0.25) is 9.59 Å². The predicted octanol–water partition coefficient (Wildman–Crippen LogP) is 5.95. The third-order valence-corrected chi connectivity index (χ3v) is 7.84. The van der Waals surface area contributed by atoms with E-state index in [9.17, 15) is 24.3 Å². The van der Waals surface area contributed by atoms with Gasteiger partial charge in [-0.2, -0.15) is 0 Å². The number of ether oxygens (including phenoxy) is 2. The number of fused-ring (bicyclic) bond motifs is 2. The Morgan fingerprint density at radius 3 is 1.51 bits per heavy atom. The maximum absolute atomic E-state index is 13.0. The van der Waals surface area contributed by atoms with Gasteiger partial charge in [0.1, 0.15) is 22.9 Å². The number of nitrogens with two attached hydrogens (primary N) is 1. The number of aromatic carboxylic acids is 2. The van der Waals surface area contributed by atoms with E-state index in [4.69, 9.17) is 20.3 Å². The minimum Gasteiger partial charge on any atom is -0.494 e. The van der Waals surface area contributed by atoms with E-state index in [1.165, 1.54) is 42.5 Å². The van der Waals surface area contributed by atoms with Crippen molar-refractivity contribution >= 4 is 40.2 Å². The molecule has 0 atom stereocenters. The zero-order valence-corrected chi connectivity index (χ0v) is 26.0. The summed E-state index contributed by atoms with van der Waals surface area (Å²) in [6, 6.07) is 21.3. The smallest absolute Gasteiger partial charge is 0.337 e. The number of hydrogen-bond acceptors (Lipinski definition) is 7. The normalized spacial score (nSPS) is 10.7. The summed E-state index contributed by atoms with van der Waals surface area (Å²) in [4.78, 5) is 48.0. The Morgan fingerprint density at radius 2 is 1.06 bits per heavy atom. The Bertz CT molecular complexity index is 2190. The Balaban J connectivity index is 0.000000185. The molecule has 0 radical (unpaired) electrons. The number of benzene rings is 2. The molecule has 0 unspecified atom stereocenters. The van der Waals surface area contributed by atoms with E-state index in [0.717, 1.165) is 16.6 Å². The van der Waals surface area contributed by atoms with Crippen LogP contribution in [0.4, 0.5) is 5.69 Å². The van der Waals surface area contributed by atoms with Gasteiger partial charge in [0.2, 0.25) is 11.6 Å². The Hall–Kier alpha value is -6.36. The lowest BCUT2D eigenvalue weighted by molar-refractivity contribution is 0.0686. The topological polar surface area (TPSA) is 162 Å². The SMILES string of the molecule is COc1c(C)c(C(=O)c2ccc(C(=O)O)cc2)n2ccccc12.COc1c(C)c(C(=O)c2ccc(N)c(C(=O)O)c2)n2ccccc12. The summed E-state index contributed by atoms with van der Waals surface area (Å²) in [5.74, 6) is -1.38. The second kappa shape index (κ2) is 12.9. The molecule has 0 aliphatic rings. The number of nitrogens with zero attached hydrogens (tertiary/aromatic N) is 2. The van der Waals surface area contributed by atoms with Crippen molar-refractivity contribution in [3.05, 3.63) is 136 Å². The number of pyridine rings is 2. The largest absolute Gasteiger partial charge is 0.494 e. The number of nitrogen functional groups attached to an aromatic ring is 1. The molecule has 11 nitrogen and oxygen atoms in total. The van der Waals surface area contributed by atoms with Gasteiger partial charge in [-0.25, -0.2) is 9.59 Å². The lowest BCUT2D eigenvalue weighted by Gasteiger charge is -2.06. The summed E-state index contributed by atoms with van der Waals surface area (Å²) >= 11 is 0. The first-order chi connectivity index (χ1) is 22.5. The summed E-state index contributed by atoms with van der Waals surface area (Å²) in [6.45, 7) is 3.64. The van der Waals surface area contributed by atoms with Gasteiger partial charge < -0.3 is 34.2 Å². The molecule has 4 aromatic heterocycles. The minimum atomic E-state index is -1.17. The molecule has 4 heterocycles. The molecular formula is C36H31N3O8. The van der Waals surface area contributed by atoms with Crippen LogP contribution in [-0.2, 0) is 0 Å². The molecular weight excluding hydrogens is 602 g/mol. The number of carbonyl (C=O) groups excluding carboxylic acids is 2. The van der Waals surface area contributed by atoms with Crippen molar-refractivity contribution < 1.29 is 38.9 Å². The van der Waals surface area contributed by atoms with Crippen LogP contribution in [0.1, 0.15) is 63.9 Å². The molecule has 6 aromatic rings. The fraction of sp³-hybridized carbons (Fsp3) is 0.111. The number of aromatic nitrogens is 2. The number of carbonyl (C=O) groups is 4. The van der Waals surface area contributed by atoms with E-state index in [1.54, 1.807) is 36.1 Å². The predicted molar refractivity (Wildman–Crippen MR) is 175 cm³/mol. The lowest BCUT2D eigenvalue weighted by Crippen LogP contribution is -2.10. The van der Waals surface area contributed by atoms with E-state index in [-0.39, 0.29) is 33.9 Å². The summed E-state index contributed by atoms with van der Waals surface area (Å²) < 4.78 is 14.4. The highest BCUT2D eigenvalue weighted by Crippen LogP contribution is 2.33. The second-order valence-corrected chi connectivity index (χ2v) is 10.6. The number of methoxy groups -OCH3 is 2.